The Labute approximate surface area is 103 Å². The maximum atomic E-state index is 11.5. The summed E-state index contributed by atoms with van der Waals surface area (Å²) in [7, 11) is 1.39. The predicted molar refractivity (Wildman–Crippen MR) is 69.9 cm³/mol. The van der Waals surface area contributed by atoms with Gasteiger partial charge in [-0.3, -0.25) is 4.79 Å². The number of carbonyl (C=O) groups is 1. The number of benzene rings is 1. The van der Waals surface area contributed by atoms with E-state index in [1.54, 1.807) is 6.08 Å². The first-order valence-electron chi connectivity index (χ1n) is 5.87. The second kappa shape index (κ2) is 6.24. The summed E-state index contributed by atoms with van der Waals surface area (Å²) in [5.74, 6) is 0.00127. The number of ether oxygens (including phenoxy) is 1. The van der Waals surface area contributed by atoms with Gasteiger partial charge in [0.2, 0.25) is 0 Å². The highest BCUT2D eigenvalue weighted by Crippen LogP contribution is 2.20. The number of hydrogen-bond donors (Lipinski definition) is 0. The smallest absolute Gasteiger partial charge is 0.317 e. The van der Waals surface area contributed by atoms with Crippen LogP contribution in [0.25, 0.3) is 0 Å². The van der Waals surface area contributed by atoms with Gasteiger partial charge in [0.1, 0.15) is 0 Å². The summed E-state index contributed by atoms with van der Waals surface area (Å²) < 4.78 is 4.74. The minimum absolute atomic E-state index is 0.267. The molecule has 2 nitrogen and oxygen atoms in total. The van der Waals surface area contributed by atoms with Crippen LogP contribution in [0.4, 0.5) is 0 Å². The van der Waals surface area contributed by atoms with Gasteiger partial charge in [0.25, 0.3) is 0 Å². The second-order valence-corrected chi connectivity index (χ2v) is 4.58. The Morgan fingerprint density at radius 2 is 1.94 bits per heavy atom. The molecule has 0 fully saturated rings. The van der Waals surface area contributed by atoms with Crippen molar-refractivity contribution in [3.8, 4) is 0 Å². The molecule has 0 aliphatic carbocycles. The number of esters is 1. The van der Waals surface area contributed by atoms with Crippen LogP contribution in [-0.2, 0) is 16.0 Å². The van der Waals surface area contributed by atoms with Crippen molar-refractivity contribution in [1.29, 1.82) is 0 Å². The molecule has 0 saturated carbocycles. The van der Waals surface area contributed by atoms with E-state index < -0.39 is 0 Å². The van der Waals surface area contributed by atoms with Crippen molar-refractivity contribution < 1.29 is 9.53 Å². The topological polar surface area (TPSA) is 26.3 Å². The molecular formula is C15H20O2. The molecule has 17 heavy (non-hydrogen) atoms. The Hall–Kier alpha value is -1.57. The minimum atomic E-state index is -0.368. The Morgan fingerprint density at radius 1 is 1.35 bits per heavy atom. The number of carbonyl (C=O) groups excluding carboxylic acids is 1. The lowest BCUT2D eigenvalue weighted by atomic mass is 9.96. The maximum Gasteiger partial charge on any atom is 0.317 e. The van der Waals surface area contributed by atoms with E-state index in [9.17, 15) is 4.79 Å². The van der Waals surface area contributed by atoms with Crippen LogP contribution in [-0.4, -0.2) is 13.1 Å². The van der Waals surface area contributed by atoms with Gasteiger partial charge in [-0.25, -0.2) is 0 Å². The summed E-state index contributed by atoms with van der Waals surface area (Å²) in [5.41, 5.74) is 2.22. The molecule has 0 amide bonds. The fourth-order valence-electron chi connectivity index (χ4n) is 1.83. The van der Waals surface area contributed by atoms with Gasteiger partial charge in [0.05, 0.1) is 13.0 Å². The minimum Gasteiger partial charge on any atom is -0.468 e. The summed E-state index contributed by atoms with van der Waals surface area (Å²) in [6.07, 6.45) is 2.67. The Morgan fingerprint density at radius 3 is 2.35 bits per heavy atom. The van der Waals surface area contributed by atoms with Crippen molar-refractivity contribution in [1.82, 2.24) is 0 Å². The highest BCUT2D eigenvalue weighted by molar-refractivity contribution is 5.80. The first-order valence-corrected chi connectivity index (χ1v) is 5.87. The fourth-order valence-corrected chi connectivity index (χ4v) is 1.83. The summed E-state index contributed by atoms with van der Waals surface area (Å²) >= 11 is 0. The fraction of sp³-hybridized carbons (Fsp3) is 0.400. The zero-order valence-electron chi connectivity index (χ0n) is 10.8. The van der Waals surface area contributed by atoms with Crippen molar-refractivity contribution in [3.63, 3.8) is 0 Å². The van der Waals surface area contributed by atoms with Gasteiger partial charge >= 0.3 is 5.97 Å². The van der Waals surface area contributed by atoms with E-state index >= 15 is 0 Å². The maximum absolute atomic E-state index is 11.5. The molecule has 1 aromatic carbocycles. The molecule has 2 heteroatoms. The zero-order valence-corrected chi connectivity index (χ0v) is 10.8. The third kappa shape index (κ3) is 3.74. The van der Waals surface area contributed by atoms with Gasteiger partial charge in [-0.1, -0.05) is 44.2 Å². The average Bonchev–Trinajstić information content (AvgIpc) is 2.31. The monoisotopic (exact) mass is 232 g/mol. The van der Waals surface area contributed by atoms with Gasteiger partial charge in [0.15, 0.2) is 0 Å². The highest BCUT2D eigenvalue weighted by Gasteiger charge is 2.17. The SMILES string of the molecule is C=C[C@@H](C(=O)OC)c1ccc(CC(C)C)cc1. The van der Waals surface area contributed by atoms with Crippen LogP contribution < -0.4 is 0 Å². The molecular weight excluding hydrogens is 212 g/mol. The molecule has 0 aliphatic rings. The molecule has 1 atom stereocenters. The molecule has 92 valence electrons. The van der Waals surface area contributed by atoms with Gasteiger partial charge in [0, 0.05) is 0 Å². The average molecular weight is 232 g/mol. The van der Waals surface area contributed by atoms with Crippen LogP contribution >= 0.6 is 0 Å². The molecule has 0 radical (unpaired) electrons. The number of methoxy groups -OCH3 is 1. The largest absolute Gasteiger partial charge is 0.468 e. The highest BCUT2D eigenvalue weighted by atomic mass is 16.5. The van der Waals surface area contributed by atoms with Gasteiger partial charge in [-0.2, -0.15) is 0 Å². The van der Waals surface area contributed by atoms with Crippen molar-refractivity contribution in [2.45, 2.75) is 26.2 Å². The standard InChI is InChI=1S/C15H20O2/c1-5-14(15(16)17-4)13-8-6-12(7-9-13)10-11(2)3/h5-9,11,14H,1,10H2,2-4H3/t14-/m1/s1. The van der Waals surface area contributed by atoms with Gasteiger partial charge in [-0.05, 0) is 23.5 Å². The Kier molecular flexibility index (Phi) is 4.95. The lowest BCUT2D eigenvalue weighted by Crippen LogP contribution is -2.11. The molecule has 0 bridgehead atoms. The van der Waals surface area contributed by atoms with Crippen LogP contribution in [0.1, 0.15) is 30.9 Å². The summed E-state index contributed by atoms with van der Waals surface area (Å²) in [4.78, 5) is 11.5. The van der Waals surface area contributed by atoms with Crippen molar-refractivity contribution in [2.75, 3.05) is 7.11 Å². The second-order valence-electron chi connectivity index (χ2n) is 4.58. The molecule has 0 N–H and O–H groups in total. The number of rotatable bonds is 5. The molecule has 0 heterocycles. The summed E-state index contributed by atoms with van der Waals surface area (Å²) in [6, 6.07) is 8.07. The van der Waals surface area contributed by atoms with Crippen molar-refractivity contribution in [3.05, 3.63) is 48.0 Å². The quantitative estimate of drug-likeness (QED) is 0.575. The lowest BCUT2D eigenvalue weighted by molar-refractivity contribution is -0.141. The van der Waals surface area contributed by atoms with Crippen LogP contribution in [0.2, 0.25) is 0 Å². The molecule has 0 unspecified atom stereocenters. The van der Waals surface area contributed by atoms with Crippen molar-refractivity contribution in [2.24, 2.45) is 5.92 Å². The van der Waals surface area contributed by atoms with Crippen LogP contribution in [0.5, 0.6) is 0 Å². The van der Waals surface area contributed by atoms with E-state index in [0.29, 0.717) is 5.92 Å². The third-order valence-electron chi connectivity index (χ3n) is 2.67. The molecule has 0 spiro atoms. The Balaban J connectivity index is 2.85. The molecule has 1 aromatic rings. The predicted octanol–water partition coefficient (Wildman–Crippen LogP) is 3.33. The van der Waals surface area contributed by atoms with E-state index in [0.717, 1.165) is 12.0 Å². The van der Waals surface area contributed by atoms with E-state index in [1.807, 2.05) is 12.1 Å². The van der Waals surface area contributed by atoms with E-state index in [2.05, 4.69) is 32.6 Å². The first kappa shape index (κ1) is 13.5. The number of hydrogen-bond acceptors (Lipinski definition) is 2. The van der Waals surface area contributed by atoms with Crippen LogP contribution in [0.15, 0.2) is 36.9 Å². The summed E-state index contributed by atoms with van der Waals surface area (Å²) in [5, 5.41) is 0. The zero-order chi connectivity index (χ0) is 12.8. The molecule has 0 aromatic heterocycles. The van der Waals surface area contributed by atoms with E-state index in [1.165, 1.54) is 12.7 Å². The summed E-state index contributed by atoms with van der Waals surface area (Å²) in [6.45, 7) is 8.06. The first-order chi connectivity index (χ1) is 8.08. The van der Waals surface area contributed by atoms with Gasteiger partial charge < -0.3 is 4.74 Å². The van der Waals surface area contributed by atoms with Crippen LogP contribution in [0, 0.1) is 5.92 Å². The molecule has 1 rings (SSSR count). The van der Waals surface area contributed by atoms with Crippen LogP contribution in [0.3, 0.4) is 0 Å². The molecule has 0 aliphatic heterocycles. The van der Waals surface area contributed by atoms with E-state index in [-0.39, 0.29) is 11.9 Å². The molecule has 0 saturated heterocycles. The van der Waals surface area contributed by atoms with Crippen molar-refractivity contribution >= 4 is 5.97 Å². The third-order valence-corrected chi connectivity index (χ3v) is 2.67. The Bertz CT molecular complexity index is 376. The lowest BCUT2D eigenvalue weighted by Gasteiger charge is -2.11. The van der Waals surface area contributed by atoms with E-state index in [4.69, 9.17) is 4.74 Å². The van der Waals surface area contributed by atoms with Gasteiger partial charge in [-0.15, -0.1) is 6.58 Å². The normalized spacial score (nSPS) is 12.2.